The van der Waals surface area contributed by atoms with E-state index in [1.54, 1.807) is 0 Å². The highest BCUT2D eigenvalue weighted by atomic mass is 16.5. The van der Waals surface area contributed by atoms with Crippen molar-refractivity contribution in [1.82, 2.24) is 0 Å². The number of aliphatic hydroxyl groups is 2. The average molecular weight is 435 g/mol. The zero-order valence-electron chi connectivity index (χ0n) is 20.3. The van der Waals surface area contributed by atoms with Crippen LogP contribution in [0, 0.1) is 0 Å². The first-order valence-electron chi connectivity index (χ1n) is 13.2. The number of rotatable bonds is 22. The van der Waals surface area contributed by atoms with Crippen LogP contribution in [0.1, 0.15) is 121 Å². The number of hydrogen-bond donors (Lipinski definition) is 2. The molecule has 3 nitrogen and oxygen atoms in total. The Labute approximate surface area is 192 Å². The van der Waals surface area contributed by atoms with Crippen molar-refractivity contribution in [3.63, 3.8) is 0 Å². The van der Waals surface area contributed by atoms with Gasteiger partial charge in [0.15, 0.2) is 0 Å². The zero-order chi connectivity index (χ0) is 22.4. The van der Waals surface area contributed by atoms with Gasteiger partial charge in [-0.25, -0.2) is 0 Å². The normalized spacial score (nSPS) is 11.5. The highest BCUT2D eigenvalue weighted by Gasteiger charge is 2.08. The van der Waals surface area contributed by atoms with Gasteiger partial charge in [0.25, 0.3) is 0 Å². The van der Waals surface area contributed by atoms with E-state index in [0.717, 1.165) is 6.42 Å². The van der Waals surface area contributed by atoms with Crippen molar-refractivity contribution < 1.29 is 14.9 Å². The van der Waals surface area contributed by atoms with Crippen molar-refractivity contribution in [3.05, 3.63) is 35.4 Å². The maximum atomic E-state index is 9.15. The number of unbranched alkanes of at least 4 members (excludes halogenated alkanes) is 15. The summed E-state index contributed by atoms with van der Waals surface area (Å²) in [7, 11) is 0. The van der Waals surface area contributed by atoms with Gasteiger partial charge >= 0.3 is 0 Å². The van der Waals surface area contributed by atoms with Crippen LogP contribution in [0.5, 0.6) is 0 Å². The fourth-order valence-electron chi connectivity index (χ4n) is 4.18. The summed E-state index contributed by atoms with van der Waals surface area (Å²) >= 11 is 0. The number of aliphatic hydroxyl groups excluding tert-OH is 2. The van der Waals surface area contributed by atoms with Crippen LogP contribution in [-0.4, -0.2) is 29.5 Å². The summed E-state index contributed by atoms with van der Waals surface area (Å²) in [4.78, 5) is 0. The van der Waals surface area contributed by atoms with Crippen LogP contribution in [0.15, 0.2) is 24.3 Å². The Morgan fingerprint density at radius 3 is 1.48 bits per heavy atom. The second kappa shape index (κ2) is 21.0. The minimum Gasteiger partial charge on any atom is -0.394 e. The quantitative estimate of drug-likeness (QED) is 0.187. The Morgan fingerprint density at radius 2 is 1.03 bits per heavy atom. The van der Waals surface area contributed by atoms with E-state index < -0.39 is 6.10 Å². The van der Waals surface area contributed by atoms with Crippen LogP contribution in [-0.2, 0) is 17.8 Å². The number of hydrogen-bond acceptors (Lipinski definition) is 3. The molecule has 0 aliphatic heterocycles. The predicted octanol–water partition coefficient (Wildman–Crippen LogP) is 7.36. The van der Waals surface area contributed by atoms with Gasteiger partial charge in [-0.1, -0.05) is 128 Å². The number of benzene rings is 1. The van der Waals surface area contributed by atoms with Crippen molar-refractivity contribution in [2.24, 2.45) is 0 Å². The van der Waals surface area contributed by atoms with E-state index in [2.05, 4.69) is 25.1 Å². The van der Waals surface area contributed by atoms with Gasteiger partial charge in [-0.2, -0.15) is 0 Å². The van der Waals surface area contributed by atoms with Crippen molar-refractivity contribution in [3.8, 4) is 0 Å². The molecule has 1 rings (SSSR count). The van der Waals surface area contributed by atoms with Gasteiger partial charge in [0, 0.05) is 0 Å². The van der Waals surface area contributed by atoms with Crippen LogP contribution < -0.4 is 0 Å². The third-order valence-corrected chi connectivity index (χ3v) is 6.30. The first kappa shape index (κ1) is 28.1. The van der Waals surface area contributed by atoms with E-state index in [-0.39, 0.29) is 13.2 Å². The van der Waals surface area contributed by atoms with Crippen LogP contribution in [0.25, 0.3) is 0 Å². The molecule has 0 fully saturated rings. The van der Waals surface area contributed by atoms with Gasteiger partial charge in [-0.15, -0.1) is 0 Å². The lowest BCUT2D eigenvalue weighted by Crippen LogP contribution is -2.22. The summed E-state index contributed by atoms with van der Waals surface area (Å²) in [6, 6.07) is 8.38. The van der Waals surface area contributed by atoms with E-state index in [4.69, 9.17) is 14.9 Å². The van der Waals surface area contributed by atoms with E-state index in [0.29, 0.717) is 6.61 Å². The molecule has 2 N–H and O–H groups in total. The summed E-state index contributed by atoms with van der Waals surface area (Å²) in [5, 5.41) is 18.3. The van der Waals surface area contributed by atoms with Crippen LogP contribution in [0.4, 0.5) is 0 Å². The molecular weight excluding hydrogens is 384 g/mol. The Hall–Kier alpha value is -0.900. The maximum absolute atomic E-state index is 9.15. The minimum atomic E-state index is -0.483. The molecular formula is C28H50O3. The summed E-state index contributed by atoms with van der Waals surface area (Å²) in [6.45, 7) is 2.46. The van der Waals surface area contributed by atoms with Crippen molar-refractivity contribution >= 4 is 0 Å². The molecule has 0 unspecified atom stereocenters. The van der Waals surface area contributed by atoms with Gasteiger partial charge in [-0.3, -0.25) is 0 Å². The van der Waals surface area contributed by atoms with Gasteiger partial charge in [0.05, 0.1) is 19.8 Å². The van der Waals surface area contributed by atoms with Crippen molar-refractivity contribution in [2.45, 2.75) is 129 Å². The molecule has 31 heavy (non-hydrogen) atoms. The third kappa shape index (κ3) is 15.5. The summed E-state index contributed by atoms with van der Waals surface area (Å²) in [5.74, 6) is 0. The molecule has 0 aliphatic carbocycles. The molecule has 180 valence electrons. The highest BCUT2D eigenvalue weighted by Crippen LogP contribution is 2.17. The minimum absolute atomic E-state index is 0.141. The van der Waals surface area contributed by atoms with E-state index in [1.807, 2.05) is 6.07 Å². The Bertz CT molecular complexity index is 499. The molecule has 0 heterocycles. The Balaban J connectivity index is 1.95. The van der Waals surface area contributed by atoms with E-state index in [9.17, 15) is 0 Å². The van der Waals surface area contributed by atoms with E-state index >= 15 is 0 Å². The number of aryl methyl sites for hydroxylation is 1. The average Bonchev–Trinajstić information content (AvgIpc) is 2.80. The van der Waals surface area contributed by atoms with Crippen LogP contribution in [0.2, 0.25) is 0 Å². The molecule has 0 radical (unpaired) electrons. The standard InChI is InChI=1S/C28H50O3/c1-2-3-4-5-6-7-8-9-10-11-12-13-14-15-16-17-20-26-21-18-19-22-27(26)25-31-28(23-29)24-30/h18-19,21-22,28-30H,2-17,20,23-25H2,1H3. The fourth-order valence-corrected chi connectivity index (χ4v) is 4.18. The predicted molar refractivity (Wildman–Crippen MR) is 132 cm³/mol. The van der Waals surface area contributed by atoms with Crippen LogP contribution >= 0.6 is 0 Å². The molecule has 0 amide bonds. The Morgan fingerprint density at radius 1 is 0.613 bits per heavy atom. The fraction of sp³-hybridized carbons (Fsp3) is 0.786. The summed E-state index contributed by atoms with van der Waals surface area (Å²) in [5.41, 5.74) is 2.51. The molecule has 0 saturated heterocycles. The third-order valence-electron chi connectivity index (χ3n) is 6.30. The second-order valence-corrected chi connectivity index (χ2v) is 9.12. The van der Waals surface area contributed by atoms with Crippen molar-refractivity contribution in [2.75, 3.05) is 13.2 Å². The number of ether oxygens (including phenoxy) is 1. The summed E-state index contributed by atoms with van der Waals surface area (Å²) in [6.07, 6.45) is 22.9. The lowest BCUT2D eigenvalue weighted by Gasteiger charge is -2.15. The van der Waals surface area contributed by atoms with Gasteiger partial charge in [0.1, 0.15) is 6.10 Å². The SMILES string of the molecule is CCCCCCCCCCCCCCCCCCc1ccccc1COC(CO)CO. The lowest BCUT2D eigenvalue weighted by atomic mass is 10.00. The maximum Gasteiger partial charge on any atom is 0.104 e. The molecule has 3 heteroatoms. The molecule has 0 saturated carbocycles. The molecule has 0 aromatic heterocycles. The summed E-state index contributed by atoms with van der Waals surface area (Å²) < 4.78 is 5.60. The van der Waals surface area contributed by atoms with Gasteiger partial charge < -0.3 is 14.9 Å². The Kier molecular flexibility index (Phi) is 19.0. The topological polar surface area (TPSA) is 49.7 Å². The highest BCUT2D eigenvalue weighted by molar-refractivity contribution is 5.26. The smallest absolute Gasteiger partial charge is 0.104 e. The van der Waals surface area contributed by atoms with E-state index in [1.165, 1.54) is 114 Å². The monoisotopic (exact) mass is 434 g/mol. The first-order chi connectivity index (χ1) is 15.3. The molecule has 1 aromatic carbocycles. The van der Waals surface area contributed by atoms with Gasteiger partial charge in [0.2, 0.25) is 0 Å². The van der Waals surface area contributed by atoms with Gasteiger partial charge in [-0.05, 0) is 24.0 Å². The molecule has 0 aliphatic rings. The zero-order valence-corrected chi connectivity index (χ0v) is 20.3. The largest absolute Gasteiger partial charge is 0.394 e. The van der Waals surface area contributed by atoms with Crippen molar-refractivity contribution in [1.29, 1.82) is 0 Å². The first-order valence-corrected chi connectivity index (χ1v) is 13.2. The molecule has 0 atom stereocenters. The second-order valence-electron chi connectivity index (χ2n) is 9.12. The molecule has 1 aromatic rings. The van der Waals surface area contributed by atoms with Crippen LogP contribution in [0.3, 0.4) is 0 Å². The molecule has 0 spiro atoms. The lowest BCUT2D eigenvalue weighted by molar-refractivity contribution is -0.0287. The molecule has 0 bridgehead atoms.